The standard InChI is InChI=1S/C16H20N4O2S/c1-9-2-3-11-12(4-9)23-16-14(11)15(18-8-19-16)20-5-10(6-20)22-7-13(17)21/h8-10H,2-7H2,1H3,(H2,17,21)/t9-/m0/s1. The lowest BCUT2D eigenvalue weighted by atomic mass is 9.89. The van der Waals surface area contributed by atoms with Crippen LogP contribution in [-0.2, 0) is 22.4 Å². The Morgan fingerprint density at radius 3 is 3.09 bits per heavy atom. The Bertz CT molecular complexity index is 754. The number of ether oxygens (including phenoxy) is 1. The zero-order valence-corrected chi connectivity index (χ0v) is 13.9. The summed E-state index contributed by atoms with van der Waals surface area (Å²) in [6.07, 6.45) is 5.21. The Labute approximate surface area is 138 Å². The molecule has 7 heteroatoms. The number of hydrogen-bond donors (Lipinski definition) is 1. The van der Waals surface area contributed by atoms with Crippen LogP contribution in [0, 0.1) is 5.92 Å². The van der Waals surface area contributed by atoms with Crippen LogP contribution in [-0.4, -0.2) is 41.7 Å². The molecule has 0 spiro atoms. The van der Waals surface area contributed by atoms with E-state index in [9.17, 15) is 4.79 Å². The van der Waals surface area contributed by atoms with Gasteiger partial charge in [0, 0.05) is 18.0 Å². The van der Waals surface area contributed by atoms with Gasteiger partial charge in [-0.2, -0.15) is 0 Å². The topological polar surface area (TPSA) is 81.3 Å². The fraction of sp³-hybridized carbons (Fsp3) is 0.562. The molecule has 1 fully saturated rings. The molecule has 2 aromatic heterocycles. The van der Waals surface area contributed by atoms with Crippen molar-refractivity contribution in [2.75, 3.05) is 24.6 Å². The van der Waals surface area contributed by atoms with Crippen LogP contribution in [0.25, 0.3) is 10.2 Å². The van der Waals surface area contributed by atoms with Gasteiger partial charge in [-0.15, -0.1) is 11.3 Å². The van der Waals surface area contributed by atoms with Crippen molar-refractivity contribution in [3.8, 4) is 0 Å². The number of thiophene rings is 1. The third-order valence-electron chi connectivity index (χ3n) is 4.68. The average molecular weight is 332 g/mol. The van der Waals surface area contributed by atoms with Crippen LogP contribution in [0.1, 0.15) is 23.8 Å². The minimum Gasteiger partial charge on any atom is -0.368 e. The van der Waals surface area contributed by atoms with E-state index in [4.69, 9.17) is 10.5 Å². The van der Waals surface area contributed by atoms with Crippen molar-refractivity contribution in [2.45, 2.75) is 32.3 Å². The second-order valence-corrected chi connectivity index (χ2v) is 7.62. The van der Waals surface area contributed by atoms with Crippen LogP contribution in [0.2, 0.25) is 0 Å². The van der Waals surface area contributed by atoms with Crippen LogP contribution in [0.3, 0.4) is 0 Å². The van der Waals surface area contributed by atoms with Gasteiger partial charge in [0.25, 0.3) is 0 Å². The summed E-state index contributed by atoms with van der Waals surface area (Å²) in [5.74, 6) is 1.34. The number of carbonyl (C=O) groups is 1. The molecule has 2 N–H and O–H groups in total. The van der Waals surface area contributed by atoms with E-state index >= 15 is 0 Å². The maximum absolute atomic E-state index is 10.8. The summed E-state index contributed by atoms with van der Waals surface area (Å²) in [6.45, 7) is 3.81. The molecule has 0 unspecified atom stereocenters. The predicted molar refractivity (Wildman–Crippen MR) is 89.8 cm³/mol. The lowest BCUT2D eigenvalue weighted by molar-refractivity contribution is -0.125. The van der Waals surface area contributed by atoms with Crippen molar-refractivity contribution >= 4 is 33.3 Å². The first-order valence-electron chi connectivity index (χ1n) is 8.02. The Balaban J connectivity index is 1.58. The molecule has 1 aliphatic carbocycles. The van der Waals surface area contributed by atoms with Gasteiger partial charge in [0.15, 0.2) is 0 Å². The summed E-state index contributed by atoms with van der Waals surface area (Å²) in [7, 11) is 0. The lowest BCUT2D eigenvalue weighted by Gasteiger charge is -2.39. The Morgan fingerprint density at radius 2 is 2.30 bits per heavy atom. The second-order valence-electron chi connectivity index (χ2n) is 6.53. The highest BCUT2D eigenvalue weighted by Gasteiger charge is 2.32. The molecule has 122 valence electrons. The highest BCUT2D eigenvalue weighted by Crippen LogP contribution is 2.41. The monoisotopic (exact) mass is 332 g/mol. The summed E-state index contributed by atoms with van der Waals surface area (Å²) in [5, 5.41) is 1.23. The Hall–Kier alpha value is -1.73. The number of nitrogens with zero attached hydrogens (tertiary/aromatic N) is 3. The molecule has 6 nitrogen and oxygen atoms in total. The van der Waals surface area contributed by atoms with Crippen LogP contribution >= 0.6 is 11.3 Å². The summed E-state index contributed by atoms with van der Waals surface area (Å²) in [6, 6.07) is 0. The summed E-state index contributed by atoms with van der Waals surface area (Å²) < 4.78 is 5.45. The van der Waals surface area contributed by atoms with E-state index in [-0.39, 0.29) is 12.7 Å². The van der Waals surface area contributed by atoms with Gasteiger partial charge in [0.1, 0.15) is 23.6 Å². The first-order chi connectivity index (χ1) is 11.1. The highest BCUT2D eigenvalue weighted by atomic mass is 32.1. The molecule has 1 aliphatic heterocycles. The van der Waals surface area contributed by atoms with Crippen molar-refractivity contribution in [3.63, 3.8) is 0 Å². The van der Waals surface area contributed by atoms with Crippen molar-refractivity contribution in [1.29, 1.82) is 0 Å². The number of aromatic nitrogens is 2. The number of carbonyl (C=O) groups excluding carboxylic acids is 1. The quantitative estimate of drug-likeness (QED) is 0.918. The lowest BCUT2D eigenvalue weighted by Crippen LogP contribution is -2.53. The first-order valence-corrected chi connectivity index (χ1v) is 8.83. The molecule has 1 atom stereocenters. The molecule has 1 saturated heterocycles. The summed E-state index contributed by atoms with van der Waals surface area (Å²) >= 11 is 1.81. The Kier molecular flexibility index (Phi) is 3.69. The van der Waals surface area contributed by atoms with Gasteiger partial charge in [-0.3, -0.25) is 4.79 Å². The van der Waals surface area contributed by atoms with Gasteiger partial charge in [-0.1, -0.05) is 6.92 Å². The maximum atomic E-state index is 10.8. The van der Waals surface area contributed by atoms with Gasteiger partial charge < -0.3 is 15.4 Å². The molecule has 4 rings (SSSR count). The van der Waals surface area contributed by atoms with Gasteiger partial charge in [0.2, 0.25) is 5.91 Å². The van der Waals surface area contributed by atoms with E-state index in [1.165, 1.54) is 22.2 Å². The molecule has 1 amide bonds. The molecule has 2 aromatic rings. The number of rotatable bonds is 4. The van der Waals surface area contributed by atoms with E-state index in [2.05, 4.69) is 21.8 Å². The molecule has 2 aliphatic rings. The molecular formula is C16H20N4O2S. The zero-order valence-electron chi connectivity index (χ0n) is 13.1. The first kappa shape index (κ1) is 14.8. The van der Waals surface area contributed by atoms with Crippen LogP contribution in [0.4, 0.5) is 5.82 Å². The number of fused-ring (bicyclic) bond motifs is 3. The molecule has 23 heavy (non-hydrogen) atoms. The van der Waals surface area contributed by atoms with Gasteiger partial charge in [-0.05, 0) is 30.7 Å². The van der Waals surface area contributed by atoms with Gasteiger partial charge >= 0.3 is 0 Å². The largest absolute Gasteiger partial charge is 0.368 e. The van der Waals surface area contributed by atoms with Crippen LogP contribution < -0.4 is 10.6 Å². The number of primary amides is 1. The minimum atomic E-state index is -0.422. The number of hydrogen-bond acceptors (Lipinski definition) is 6. The average Bonchev–Trinajstić information content (AvgIpc) is 2.83. The second kappa shape index (κ2) is 5.72. The molecule has 3 heterocycles. The summed E-state index contributed by atoms with van der Waals surface area (Å²) in [5.41, 5.74) is 6.56. The van der Waals surface area contributed by atoms with E-state index < -0.39 is 5.91 Å². The van der Waals surface area contributed by atoms with Crippen LogP contribution in [0.15, 0.2) is 6.33 Å². The minimum absolute atomic E-state index is 0.0105. The smallest absolute Gasteiger partial charge is 0.243 e. The van der Waals surface area contributed by atoms with E-state index in [1.54, 1.807) is 6.33 Å². The van der Waals surface area contributed by atoms with Crippen molar-refractivity contribution in [1.82, 2.24) is 9.97 Å². The normalized spacial score (nSPS) is 21.3. The molecule has 0 radical (unpaired) electrons. The molecule has 0 saturated carbocycles. The van der Waals surface area contributed by atoms with Gasteiger partial charge in [-0.25, -0.2) is 9.97 Å². The summed E-state index contributed by atoms with van der Waals surface area (Å²) in [4.78, 5) is 24.6. The maximum Gasteiger partial charge on any atom is 0.243 e. The molecule has 0 aromatic carbocycles. The number of nitrogens with two attached hydrogens (primary N) is 1. The van der Waals surface area contributed by atoms with Crippen molar-refractivity contribution < 1.29 is 9.53 Å². The van der Waals surface area contributed by atoms with E-state index in [1.807, 2.05) is 11.3 Å². The highest BCUT2D eigenvalue weighted by molar-refractivity contribution is 7.19. The fourth-order valence-corrected chi connectivity index (χ4v) is 4.76. The Morgan fingerprint density at radius 1 is 1.48 bits per heavy atom. The van der Waals surface area contributed by atoms with Crippen molar-refractivity contribution in [3.05, 3.63) is 16.8 Å². The molecular weight excluding hydrogens is 312 g/mol. The van der Waals surface area contributed by atoms with Crippen LogP contribution in [0.5, 0.6) is 0 Å². The van der Waals surface area contributed by atoms with Crippen molar-refractivity contribution in [2.24, 2.45) is 11.7 Å². The zero-order chi connectivity index (χ0) is 16.0. The predicted octanol–water partition coefficient (Wildman–Crippen LogP) is 1.51. The van der Waals surface area contributed by atoms with Gasteiger partial charge in [0.05, 0.1) is 11.5 Å². The molecule has 0 bridgehead atoms. The number of amides is 1. The number of aryl methyl sites for hydroxylation is 1. The fourth-order valence-electron chi connectivity index (χ4n) is 3.41. The van der Waals surface area contributed by atoms with E-state index in [0.29, 0.717) is 0 Å². The number of anilines is 1. The third kappa shape index (κ3) is 2.68. The van der Waals surface area contributed by atoms with E-state index in [0.717, 1.165) is 42.5 Å². The third-order valence-corrected chi connectivity index (χ3v) is 5.84. The SMILES string of the molecule is C[C@H]1CCc2c(sc3ncnc(N4CC(OCC(N)=O)C4)c23)C1.